The summed E-state index contributed by atoms with van der Waals surface area (Å²) in [6.07, 6.45) is 1.27. The van der Waals surface area contributed by atoms with E-state index in [0.29, 0.717) is 10.9 Å². The lowest BCUT2D eigenvalue weighted by Crippen LogP contribution is -1.70. The van der Waals surface area contributed by atoms with E-state index in [2.05, 4.69) is 14.9 Å². The van der Waals surface area contributed by atoms with E-state index in [1.807, 2.05) is 0 Å². The average Bonchev–Trinajstić information content (AvgIpc) is 2.52. The van der Waals surface area contributed by atoms with Crippen molar-refractivity contribution in [1.29, 1.82) is 0 Å². The highest BCUT2D eigenvalue weighted by Gasteiger charge is 2.09. The van der Waals surface area contributed by atoms with Crippen LogP contribution in [0.25, 0.3) is 10.9 Å². The summed E-state index contributed by atoms with van der Waals surface area (Å²) in [4.78, 5) is 10.3. The van der Waals surface area contributed by atoms with Gasteiger partial charge in [0.2, 0.25) is 0 Å². The minimum atomic E-state index is -0.166. The SMILES string of the molecule is O=Nc1c(O)ccc2nocc12. The number of phenols is 1. The maximum Gasteiger partial charge on any atom is 0.162 e. The average molecular weight is 164 g/mol. The summed E-state index contributed by atoms with van der Waals surface area (Å²) in [5.74, 6) is -0.166. The van der Waals surface area contributed by atoms with Crippen LogP contribution in [0.5, 0.6) is 5.75 Å². The summed E-state index contributed by atoms with van der Waals surface area (Å²) < 4.78 is 4.60. The Balaban J connectivity index is 2.91. The smallest absolute Gasteiger partial charge is 0.162 e. The van der Waals surface area contributed by atoms with Crippen molar-refractivity contribution < 1.29 is 9.63 Å². The highest BCUT2D eigenvalue weighted by Crippen LogP contribution is 2.33. The predicted octanol–water partition coefficient (Wildman–Crippen LogP) is 1.93. The standard InChI is InChI=1S/C7H4N2O3/c10-6-2-1-5-4(3-12-9-5)7(6)8-11/h1-3,10H. The van der Waals surface area contributed by atoms with Crippen LogP contribution >= 0.6 is 0 Å². The molecule has 0 saturated heterocycles. The Morgan fingerprint density at radius 3 is 3.08 bits per heavy atom. The van der Waals surface area contributed by atoms with E-state index >= 15 is 0 Å². The molecule has 1 aromatic carbocycles. The molecule has 0 radical (unpaired) electrons. The van der Waals surface area contributed by atoms with Crippen LogP contribution in [0, 0.1) is 4.91 Å². The number of nitrogens with zero attached hydrogens (tertiary/aromatic N) is 2. The molecule has 60 valence electrons. The molecular formula is C7H4N2O3. The number of rotatable bonds is 1. The fourth-order valence-corrected chi connectivity index (χ4v) is 1.01. The van der Waals surface area contributed by atoms with E-state index in [4.69, 9.17) is 5.11 Å². The zero-order valence-corrected chi connectivity index (χ0v) is 5.89. The number of benzene rings is 1. The van der Waals surface area contributed by atoms with Crippen molar-refractivity contribution in [2.45, 2.75) is 0 Å². The maximum absolute atomic E-state index is 10.3. The molecule has 0 amide bonds. The van der Waals surface area contributed by atoms with Crippen LogP contribution in [0.2, 0.25) is 0 Å². The summed E-state index contributed by atoms with van der Waals surface area (Å²) in [6, 6.07) is 2.89. The van der Waals surface area contributed by atoms with Crippen molar-refractivity contribution in [1.82, 2.24) is 5.16 Å². The van der Waals surface area contributed by atoms with Gasteiger partial charge in [-0.3, -0.25) is 0 Å². The molecule has 1 aromatic heterocycles. The van der Waals surface area contributed by atoms with E-state index in [-0.39, 0.29) is 11.4 Å². The minimum Gasteiger partial charge on any atom is -0.506 e. The molecule has 5 heteroatoms. The Morgan fingerprint density at radius 1 is 1.50 bits per heavy atom. The van der Waals surface area contributed by atoms with Gasteiger partial charge in [0, 0.05) is 0 Å². The molecular weight excluding hydrogens is 160 g/mol. The molecule has 12 heavy (non-hydrogen) atoms. The van der Waals surface area contributed by atoms with Crippen LogP contribution in [0.15, 0.2) is 28.1 Å². The van der Waals surface area contributed by atoms with E-state index < -0.39 is 0 Å². The Labute approximate surface area is 66.6 Å². The first-order chi connectivity index (χ1) is 5.83. The minimum absolute atomic E-state index is 0.0336. The lowest BCUT2D eigenvalue weighted by atomic mass is 10.2. The molecule has 0 aliphatic carbocycles. The van der Waals surface area contributed by atoms with Gasteiger partial charge in [-0.15, -0.1) is 4.91 Å². The number of hydrogen-bond donors (Lipinski definition) is 1. The van der Waals surface area contributed by atoms with Gasteiger partial charge in [-0.1, -0.05) is 5.16 Å². The van der Waals surface area contributed by atoms with Crippen molar-refractivity contribution in [3.63, 3.8) is 0 Å². The summed E-state index contributed by atoms with van der Waals surface area (Å²) in [6.45, 7) is 0. The highest BCUT2D eigenvalue weighted by atomic mass is 16.5. The molecule has 0 aliphatic rings. The van der Waals surface area contributed by atoms with Gasteiger partial charge in [0.1, 0.15) is 17.5 Å². The number of aromatic hydroxyl groups is 1. The summed E-state index contributed by atoms with van der Waals surface area (Å²) in [7, 11) is 0. The van der Waals surface area contributed by atoms with E-state index in [1.54, 1.807) is 6.07 Å². The second-order valence-corrected chi connectivity index (χ2v) is 2.27. The summed E-state index contributed by atoms with van der Waals surface area (Å²) in [5, 5.41) is 15.8. The molecule has 0 unspecified atom stereocenters. The number of nitroso groups, excluding NO2 is 1. The van der Waals surface area contributed by atoms with Gasteiger partial charge in [-0.25, -0.2) is 0 Å². The van der Waals surface area contributed by atoms with Crippen LogP contribution in [-0.4, -0.2) is 10.3 Å². The van der Waals surface area contributed by atoms with Crippen LogP contribution in [0.1, 0.15) is 0 Å². The lowest BCUT2D eigenvalue weighted by molar-refractivity contribution is 0.428. The third-order valence-corrected chi connectivity index (χ3v) is 1.59. The normalized spacial score (nSPS) is 10.3. The molecule has 0 aliphatic heterocycles. The quantitative estimate of drug-likeness (QED) is 0.653. The van der Waals surface area contributed by atoms with Gasteiger partial charge >= 0.3 is 0 Å². The Bertz CT molecular complexity index is 435. The predicted molar refractivity (Wildman–Crippen MR) is 41.1 cm³/mol. The molecule has 0 saturated carbocycles. The summed E-state index contributed by atoms with van der Waals surface area (Å²) >= 11 is 0. The maximum atomic E-state index is 10.3. The van der Waals surface area contributed by atoms with E-state index in [0.717, 1.165) is 0 Å². The third-order valence-electron chi connectivity index (χ3n) is 1.59. The van der Waals surface area contributed by atoms with Gasteiger partial charge in [-0.05, 0) is 17.3 Å². The van der Waals surface area contributed by atoms with Gasteiger partial charge in [0.25, 0.3) is 0 Å². The molecule has 0 spiro atoms. The van der Waals surface area contributed by atoms with Crippen molar-refractivity contribution in [2.24, 2.45) is 5.18 Å². The molecule has 5 nitrogen and oxygen atoms in total. The van der Waals surface area contributed by atoms with Gasteiger partial charge < -0.3 is 9.63 Å². The Kier molecular flexibility index (Phi) is 1.30. The van der Waals surface area contributed by atoms with Crippen LogP contribution in [-0.2, 0) is 0 Å². The van der Waals surface area contributed by atoms with Gasteiger partial charge in [-0.2, -0.15) is 0 Å². The molecule has 0 bridgehead atoms. The zero-order valence-electron chi connectivity index (χ0n) is 5.89. The number of fused-ring (bicyclic) bond motifs is 1. The molecule has 1 heterocycles. The molecule has 2 rings (SSSR count). The topological polar surface area (TPSA) is 75.7 Å². The van der Waals surface area contributed by atoms with E-state index in [9.17, 15) is 4.91 Å². The highest BCUT2D eigenvalue weighted by molar-refractivity contribution is 5.91. The first kappa shape index (κ1) is 6.78. The second-order valence-electron chi connectivity index (χ2n) is 2.27. The van der Waals surface area contributed by atoms with Crippen molar-refractivity contribution in [3.05, 3.63) is 23.3 Å². The first-order valence-corrected chi connectivity index (χ1v) is 3.22. The second kappa shape index (κ2) is 2.30. The van der Waals surface area contributed by atoms with Crippen LogP contribution in [0.4, 0.5) is 5.69 Å². The van der Waals surface area contributed by atoms with Crippen molar-refractivity contribution >= 4 is 16.6 Å². The largest absolute Gasteiger partial charge is 0.506 e. The van der Waals surface area contributed by atoms with Gasteiger partial charge in [0.15, 0.2) is 5.69 Å². The fourth-order valence-electron chi connectivity index (χ4n) is 1.01. The number of phenolic OH excluding ortho intramolecular Hbond substituents is 1. The molecule has 2 aromatic rings. The first-order valence-electron chi connectivity index (χ1n) is 3.22. The lowest BCUT2D eigenvalue weighted by Gasteiger charge is -1.93. The van der Waals surface area contributed by atoms with Crippen molar-refractivity contribution in [2.75, 3.05) is 0 Å². The number of aromatic nitrogens is 1. The summed E-state index contributed by atoms with van der Waals surface area (Å²) in [5.41, 5.74) is 0.469. The third kappa shape index (κ3) is 0.763. The van der Waals surface area contributed by atoms with Crippen LogP contribution < -0.4 is 0 Å². The van der Waals surface area contributed by atoms with Crippen molar-refractivity contribution in [3.8, 4) is 5.75 Å². The van der Waals surface area contributed by atoms with Crippen LogP contribution in [0.3, 0.4) is 0 Å². The fraction of sp³-hybridized carbons (Fsp3) is 0. The van der Waals surface area contributed by atoms with Gasteiger partial charge in [0.05, 0.1) is 5.39 Å². The zero-order chi connectivity index (χ0) is 8.55. The Hall–Kier alpha value is -1.91. The Morgan fingerprint density at radius 2 is 2.33 bits per heavy atom. The van der Waals surface area contributed by atoms with E-state index in [1.165, 1.54) is 12.3 Å². The molecule has 0 fully saturated rings. The monoisotopic (exact) mass is 164 g/mol. The number of hydrogen-bond acceptors (Lipinski definition) is 5. The molecule has 1 N–H and O–H groups in total. The molecule has 0 atom stereocenters.